The van der Waals surface area contributed by atoms with Crippen LogP contribution in [0.15, 0.2) is 212 Å². The molecule has 14 rings (SSSR count). The molecule has 312 valence electrons. The molecule has 5 heterocycles. The number of nitrogens with zero attached hydrogens (tertiary/aromatic N) is 7. The van der Waals surface area contributed by atoms with Crippen LogP contribution < -0.4 is 0 Å². The van der Waals surface area contributed by atoms with Crippen molar-refractivity contribution >= 4 is 111 Å². The summed E-state index contributed by atoms with van der Waals surface area (Å²) in [4.78, 5) is 16.4. The van der Waals surface area contributed by atoms with Crippen LogP contribution in [0.4, 0.5) is 0 Å². The first-order chi connectivity index (χ1) is 32.8. The Balaban J connectivity index is 0.00000215. The van der Waals surface area contributed by atoms with Crippen molar-refractivity contribution in [3.05, 3.63) is 212 Å². The predicted octanol–water partition coefficient (Wildman–Crippen LogP) is 14.7. The number of rotatable bonds is 5. The van der Waals surface area contributed by atoms with Gasteiger partial charge in [0.05, 0.1) is 44.1 Å². The molecule has 0 bridgehead atoms. The number of benzene rings is 9. The van der Waals surface area contributed by atoms with Gasteiger partial charge in [0.15, 0.2) is 5.82 Å². The van der Waals surface area contributed by atoms with E-state index in [9.17, 15) is 0 Å². The first-order valence-corrected chi connectivity index (χ1v) is 23.4. The van der Waals surface area contributed by atoms with Crippen molar-refractivity contribution in [2.45, 2.75) is 0 Å². The lowest BCUT2D eigenvalue weighted by Crippen LogP contribution is -2.10. The number of hydrogen-bond donors (Lipinski definition) is 2. The first-order valence-electron chi connectivity index (χ1n) is 21.8. The smallest absolute Gasteiger partial charge is 0.240 e. The lowest BCUT2D eigenvalue weighted by Gasteiger charge is -2.13. The molecule has 0 radical (unpaired) electrons. The van der Waals surface area contributed by atoms with Gasteiger partial charge in [-0.1, -0.05) is 152 Å². The average Bonchev–Trinajstić information content (AvgIpc) is 4.12. The van der Waals surface area contributed by atoms with Crippen molar-refractivity contribution in [1.29, 1.82) is 0 Å². The molecule has 0 aliphatic rings. The molecule has 7 nitrogen and oxygen atoms in total. The summed E-state index contributed by atoms with van der Waals surface area (Å²) in [5, 5.41) is 9.24. The van der Waals surface area contributed by atoms with Crippen molar-refractivity contribution in [3.63, 3.8) is 0 Å². The van der Waals surface area contributed by atoms with Gasteiger partial charge in [0, 0.05) is 60.0 Å². The normalized spacial score (nSPS) is 11.8. The highest BCUT2D eigenvalue weighted by Crippen LogP contribution is 2.44. The van der Waals surface area contributed by atoms with Crippen LogP contribution in [0, 0.1) is 0 Å². The van der Waals surface area contributed by atoms with Crippen LogP contribution in [0.2, 0.25) is 0 Å². The van der Waals surface area contributed by atoms with Crippen molar-refractivity contribution in [2.24, 2.45) is 0 Å². The number of aromatic nitrogens is 7. The standard InChI is InChI=1S/C57H35N7.H2S2/c1-4-18-36(19-5-1)55-58-56(63-48-31-17-13-27-44(48)52-50(63)35-33-41-39-24-10-14-28-45(39)62(53(41)52)38-22-8-3-9-23-38)60-57(59-55)64-46-29-15-11-25-40(46)42-32-34-49-51(54(42)64)43-26-12-16-30-47(43)61(49)37-20-6-2-7-21-37;1-2/h1-35H;1-2H. The second-order valence-corrected chi connectivity index (χ2v) is 16.4. The molecule has 5 aromatic heterocycles. The SMILES string of the molecule is SS.c1ccc(-c2nc(-n3c4ccccc4c4c3ccc3c5ccccc5n(-c5ccccc5)c34)nc(-n3c4ccccc4c4ccc5c(c6ccccc6n5-c5ccccc5)c43)n2)cc1. The average molecular weight is 884 g/mol. The summed E-state index contributed by atoms with van der Waals surface area (Å²) in [7, 11) is 0. The van der Waals surface area contributed by atoms with E-state index in [-0.39, 0.29) is 0 Å². The van der Waals surface area contributed by atoms with Crippen LogP contribution in [-0.4, -0.2) is 33.2 Å². The first kappa shape index (κ1) is 38.4. The van der Waals surface area contributed by atoms with Gasteiger partial charge in [-0.05, 0) is 60.7 Å². The lowest BCUT2D eigenvalue weighted by atomic mass is 10.1. The summed E-state index contributed by atoms with van der Waals surface area (Å²) in [5.41, 5.74) is 11.8. The van der Waals surface area contributed by atoms with E-state index in [4.69, 9.17) is 15.0 Å². The Morgan fingerprint density at radius 1 is 0.273 bits per heavy atom. The second-order valence-electron chi connectivity index (χ2n) is 16.4. The molecular formula is C57H37N7S2. The Hall–Kier alpha value is -8.11. The highest BCUT2D eigenvalue weighted by atomic mass is 33.1. The van der Waals surface area contributed by atoms with E-state index in [1.807, 2.05) is 18.2 Å². The topological polar surface area (TPSA) is 58.4 Å². The quantitative estimate of drug-likeness (QED) is 0.134. The molecule has 0 saturated heterocycles. The molecule has 0 N–H and O–H groups in total. The summed E-state index contributed by atoms with van der Waals surface area (Å²) < 4.78 is 9.28. The van der Waals surface area contributed by atoms with Gasteiger partial charge in [0.2, 0.25) is 11.9 Å². The minimum Gasteiger partial charge on any atom is -0.309 e. The zero-order chi connectivity index (χ0) is 43.9. The number of thiol groups is 2. The summed E-state index contributed by atoms with van der Waals surface area (Å²) in [5.74, 6) is 1.68. The number of hydrogen-bond acceptors (Lipinski definition) is 5. The molecule has 0 fully saturated rings. The number of fused-ring (bicyclic) bond motifs is 14. The Kier molecular flexibility index (Phi) is 8.87. The van der Waals surface area contributed by atoms with Crippen molar-refractivity contribution in [2.75, 3.05) is 0 Å². The molecule has 0 atom stereocenters. The third-order valence-electron chi connectivity index (χ3n) is 13.0. The van der Waals surface area contributed by atoms with Crippen LogP contribution >= 0.6 is 23.3 Å². The maximum atomic E-state index is 5.59. The van der Waals surface area contributed by atoms with E-state index in [1.165, 1.54) is 10.8 Å². The Morgan fingerprint density at radius 2 is 0.652 bits per heavy atom. The third-order valence-corrected chi connectivity index (χ3v) is 13.0. The fourth-order valence-electron chi connectivity index (χ4n) is 10.4. The number of para-hydroxylation sites is 6. The molecule has 66 heavy (non-hydrogen) atoms. The van der Waals surface area contributed by atoms with Crippen LogP contribution in [0.1, 0.15) is 0 Å². The Bertz CT molecular complexity index is 4190. The maximum absolute atomic E-state index is 5.59. The van der Waals surface area contributed by atoms with Gasteiger partial charge in [-0.2, -0.15) is 15.0 Å². The van der Waals surface area contributed by atoms with Gasteiger partial charge in [-0.15, -0.1) is 23.3 Å². The lowest BCUT2D eigenvalue weighted by molar-refractivity contribution is 0.894. The molecule has 0 spiro atoms. The largest absolute Gasteiger partial charge is 0.309 e. The minimum atomic E-state index is 0.543. The van der Waals surface area contributed by atoms with Gasteiger partial charge in [-0.25, -0.2) is 0 Å². The van der Waals surface area contributed by atoms with Crippen molar-refractivity contribution in [1.82, 2.24) is 33.2 Å². The van der Waals surface area contributed by atoms with Gasteiger partial charge in [0.1, 0.15) is 0 Å². The summed E-state index contributed by atoms with van der Waals surface area (Å²) in [6.45, 7) is 0. The van der Waals surface area contributed by atoms with Crippen molar-refractivity contribution < 1.29 is 0 Å². The maximum Gasteiger partial charge on any atom is 0.240 e. The highest BCUT2D eigenvalue weighted by Gasteiger charge is 2.26. The fourth-order valence-corrected chi connectivity index (χ4v) is 10.4. The molecule has 0 amide bonds. The zero-order valence-corrected chi connectivity index (χ0v) is 37.0. The fraction of sp³-hybridized carbons (Fsp3) is 0. The molecular weight excluding hydrogens is 847 g/mol. The van der Waals surface area contributed by atoms with Gasteiger partial charge in [0.25, 0.3) is 0 Å². The van der Waals surface area contributed by atoms with E-state index < -0.39 is 0 Å². The summed E-state index contributed by atoms with van der Waals surface area (Å²) >= 11 is 6.44. The van der Waals surface area contributed by atoms with E-state index in [0.717, 1.165) is 93.4 Å². The van der Waals surface area contributed by atoms with E-state index in [0.29, 0.717) is 17.7 Å². The molecule has 0 aliphatic carbocycles. The highest BCUT2D eigenvalue weighted by molar-refractivity contribution is 8.59. The summed E-state index contributed by atoms with van der Waals surface area (Å²) in [6.07, 6.45) is 0. The molecule has 9 aromatic carbocycles. The zero-order valence-electron chi connectivity index (χ0n) is 35.2. The van der Waals surface area contributed by atoms with Crippen molar-refractivity contribution in [3.8, 4) is 34.7 Å². The molecule has 0 aliphatic heterocycles. The molecule has 9 heteroatoms. The Morgan fingerprint density at radius 3 is 1.20 bits per heavy atom. The monoisotopic (exact) mass is 883 g/mol. The second kappa shape index (κ2) is 15.3. The van der Waals surface area contributed by atoms with Gasteiger partial charge < -0.3 is 9.13 Å². The van der Waals surface area contributed by atoms with E-state index >= 15 is 0 Å². The summed E-state index contributed by atoms with van der Waals surface area (Å²) in [6, 6.07) is 75.3. The van der Waals surface area contributed by atoms with Crippen LogP contribution in [0.3, 0.4) is 0 Å². The van der Waals surface area contributed by atoms with E-state index in [1.54, 1.807) is 0 Å². The van der Waals surface area contributed by atoms with Crippen LogP contribution in [0.5, 0.6) is 0 Å². The van der Waals surface area contributed by atoms with Gasteiger partial charge >= 0.3 is 0 Å². The molecule has 0 saturated carbocycles. The minimum absolute atomic E-state index is 0.543. The van der Waals surface area contributed by atoms with Gasteiger partial charge in [-0.3, -0.25) is 9.13 Å². The predicted molar refractivity (Wildman–Crippen MR) is 281 cm³/mol. The molecule has 0 unspecified atom stereocenters. The molecule has 14 aromatic rings. The third kappa shape index (κ3) is 5.57. The van der Waals surface area contributed by atoms with Crippen LogP contribution in [-0.2, 0) is 0 Å². The van der Waals surface area contributed by atoms with Crippen LogP contribution in [0.25, 0.3) is 122 Å². The Labute approximate surface area is 388 Å². The van der Waals surface area contributed by atoms with E-state index in [2.05, 4.69) is 236 Å².